The number of amides is 1. The number of thiazole rings is 1. The summed E-state index contributed by atoms with van der Waals surface area (Å²) in [4.78, 5) is 15.9. The molecule has 6 heteroatoms. The Morgan fingerprint density at radius 2 is 2.18 bits per heavy atom. The van der Waals surface area contributed by atoms with Gasteiger partial charge in [0.2, 0.25) is 5.91 Å². The molecule has 5 nitrogen and oxygen atoms in total. The van der Waals surface area contributed by atoms with Gasteiger partial charge in [-0.1, -0.05) is 6.92 Å². The van der Waals surface area contributed by atoms with E-state index < -0.39 is 0 Å². The summed E-state index contributed by atoms with van der Waals surface area (Å²) in [6.07, 6.45) is 2.84. The summed E-state index contributed by atoms with van der Waals surface area (Å²) in [6.45, 7) is 4.68. The number of aryl methyl sites for hydroxylation is 1. The molecular formula is C16H19N3O2S. The van der Waals surface area contributed by atoms with Gasteiger partial charge in [0, 0.05) is 11.1 Å². The maximum Gasteiger partial charge on any atom is 0.246 e. The molecule has 1 aromatic carbocycles. The second-order valence-corrected chi connectivity index (χ2v) is 5.71. The molecule has 2 aromatic rings. The van der Waals surface area contributed by atoms with E-state index in [1.807, 2.05) is 36.6 Å². The number of hydrogen-bond donors (Lipinski definition) is 1. The number of nitrogens with one attached hydrogen (secondary N) is 1. The number of carbonyl (C=O) groups excluding carboxylic acids is 1. The van der Waals surface area contributed by atoms with Crippen LogP contribution in [0.15, 0.2) is 34.7 Å². The highest BCUT2D eigenvalue weighted by Gasteiger charge is 2.05. The lowest BCUT2D eigenvalue weighted by Crippen LogP contribution is -2.19. The van der Waals surface area contributed by atoms with Crippen molar-refractivity contribution in [1.29, 1.82) is 0 Å². The number of ether oxygens (including phenoxy) is 1. The Morgan fingerprint density at radius 1 is 1.41 bits per heavy atom. The van der Waals surface area contributed by atoms with E-state index in [0.717, 1.165) is 28.4 Å². The average molecular weight is 317 g/mol. The Kier molecular flexibility index (Phi) is 6.09. The van der Waals surface area contributed by atoms with Gasteiger partial charge < -0.3 is 4.74 Å². The van der Waals surface area contributed by atoms with Gasteiger partial charge in [0.1, 0.15) is 10.8 Å². The molecule has 0 atom stereocenters. The Labute approximate surface area is 134 Å². The second kappa shape index (κ2) is 8.29. The predicted octanol–water partition coefficient (Wildman–Crippen LogP) is 2.93. The molecule has 0 aliphatic heterocycles. The first-order valence-electron chi connectivity index (χ1n) is 7.13. The van der Waals surface area contributed by atoms with Gasteiger partial charge in [-0.3, -0.25) is 4.79 Å². The number of benzene rings is 1. The van der Waals surface area contributed by atoms with Gasteiger partial charge >= 0.3 is 0 Å². The van der Waals surface area contributed by atoms with Crippen LogP contribution in [-0.4, -0.2) is 23.7 Å². The average Bonchev–Trinajstić information content (AvgIpc) is 2.91. The van der Waals surface area contributed by atoms with Crippen molar-refractivity contribution in [1.82, 2.24) is 10.4 Å². The first-order chi connectivity index (χ1) is 10.7. The van der Waals surface area contributed by atoms with Crippen molar-refractivity contribution in [2.75, 3.05) is 6.61 Å². The number of hydrazone groups is 1. The van der Waals surface area contributed by atoms with Gasteiger partial charge in [-0.2, -0.15) is 5.10 Å². The minimum absolute atomic E-state index is 0.173. The summed E-state index contributed by atoms with van der Waals surface area (Å²) in [6, 6.07) is 7.56. The summed E-state index contributed by atoms with van der Waals surface area (Å²) < 4.78 is 5.50. The fourth-order valence-corrected chi connectivity index (χ4v) is 2.48. The van der Waals surface area contributed by atoms with Crippen molar-refractivity contribution in [3.63, 3.8) is 0 Å². The van der Waals surface area contributed by atoms with Crippen LogP contribution >= 0.6 is 11.3 Å². The van der Waals surface area contributed by atoms with Gasteiger partial charge in [0.05, 0.1) is 19.2 Å². The smallest absolute Gasteiger partial charge is 0.246 e. The van der Waals surface area contributed by atoms with Crippen molar-refractivity contribution < 1.29 is 9.53 Å². The van der Waals surface area contributed by atoms with Crippen LogP contribution in [0, 0.1) is 6.92 Å². The molecule has 0 unspecified atom stereocenters. The summed E-state index contributed by atoms with van der Waals surface area (Å²) in [7, 11) is 0. The third-order valence-electron chi connectivity index (χ3n) is 2.73. The molecule has 0 aliphatic rings. The van der Waals surface area contributed by atoms with Gasteiger partial charge in [-0.05, 0) is 43.2 Å². The van der Waals surface area contributed by atoms with E-state index >= 15 is 0 Å². The molecule has 1 N–H and O–H groups in total. The van der Waals surface area contributed by atoms with Crippen molar-refractivity contribution in [3.05, 3.63) is 45.9 Å². The van der Waals surface area contributed by atoms with Crippen molar-refractivity contribution in [2.24, 2.45) is 5.10 Å². The molecule has 0 aliphatic carbocycles. The molecule has 1 amide bonds. The largest absolute Gasteiger partial charge is 0.494 e. The molecule has 0 bridgehead atoms. The number of hydrogen-bond acceptors (Lipinski definition) is 5. The van der Waals surface area contributed by atoms with E-state index in [1.54, 1.807) is 6.21 Å². The molecule has 2 rings (SSSR count). The van der Waals surface area contributed by atoms with Crippen LogP contribution in [0.1, 0.15) is 29.6 Å². The van der Waals surface area contributed by atoms with Gasteiger partial charge in [-0.15, -0.1) is 11.3 Å². The fraction of sp³-hybridized carbons (Fsp3) is 0.312. The van der Waals surface area contributed by atoms with E-state index in [1.165, 1.54) is 11.3 Å². The lowest BCUT2D eigenvalue weighted by molar-refractivity contribution is -0.120. The van der Waals surface area contributed by atoms with Crippen LogP contribution in [0.3, 0.4) is 0 Å². The van der Waals surface area contributed by atoms with Crippen LogP contribution in [0.25, 0.3) is 0 Å². The molecule has 0 saturated carbocycles. The minimum Gasteiger partial charge on any atom is -0.494 e. The first kappa shape index (κ1) is 16.2. The van der Waals surface area contributed by atoms with Crippen LogP contribution < -0.4 is 10.2 Å². The maximum absolute atomic E-state index is 11.7. The summed E-state index contributed by atoms with van der Waals surface area (Å²) >= 11 is 1.48. The zero-order valence-electron chi connectivity index (χ0n) is 12.7. The lowest BCUT2D eigenvalue weighted by Gasteiger charge is -2.03. The molecule has 22 heavy (non-hydrogen) atoms. The summed E-state index contributed by atoms with van der Waals surface area (Å²) in [5.74, 6) is 0.663. The highest BCUT2D eigenvalue weighted by atomic mass is 32.1. The normalized spacial score (nSPS) is 10.8. The van der Waals surface area contributed by atoms with Gasteiger partial charge in [0.15, 0.2) is 0 Å². The zero-order valence-corrected chi connectivity index (χ0v) is 13.5. The van der Waals surface area contributed by atoms with Crippen LogP contribution in [0.4, 0.5) is 0 Å². The predicted molar refractivity (Wildman–Crippen MR) is 88.5 cm³/mol. The van der Waals surface area contributed by atoms with E-state index in [4.69, 9.17) is 4.74 Å². The Morgan fingerprint density at radius 3 is 2.82 bits per heavy atom. The third kappa shape index (κ3) is 5.29. The van der Waals surface area contributed by atoms with Crippen molar-refractivity contribution in [3.8, 4) is 5.75 Å². The molecule has 1 heterocycles. The summed E-state index contributed by atoms with van der Waals surface area (Å²) in [5.41, 5.74) is 4.33. The van der Waals surface area contributed by atoms with E-state index in [0.29, 0.717) is 6.61 Å². The monoisotopic (exact) mass is 317 g/mol. The summed E-state index contributed by atoms with van der Waals surface area (Å²) in [5, 5.41) is 6.67. The van der Waals surface area contributed by atoms with Crippen LogP contribution in [-0.2, 0) is 11.2 Å². The number of nitrogens with zero attached hydrogens (tertiary/aromatic N) is 2. The van der Waals surface area contributed by atoms with Crippen LogP contribution in [0.2, 0.25) is 0 Å². The topological polar surface area (TPSA) is 63.6 Å². The fourth-order valence-electron chi connectivity index (χ4n) is 1.71. The first-order valence-corrected chi connectivity index (χ1v) is 8.01. The second-order valence-electron chi connectivity index (χ2n) is 4.77. The molecule has 0 fully saturated rings. The van der Waals surface area contributed by atoms with Crippen LogP contribution in [0.5, 0.6) is 5.75 Å². The lowest BCUT2D eigenvalue weighted by atomic mass is 10.2. The molecule has 0 radical (unpaired) electrons. The van der Waals surface area contributed by atoms with Gasteiger partial charge in [0.25, 0.3) is 0 Å². The molecule has 1 aromatic heterocycles. The highest BCUT2D eigenvalue weighted by Crippen LogP contribution is 2.11. The van der Waals surface area contributed by atoms with E-state index in [9.17, 15) is 4.79 Å². The highest BCUT2D eigenvalue weighted by molar-refractivity contribution is 7.09. The molecule has 0 spiro atoms. The number of aromatic nitrogens is 1. The van der Waals surface area contributed by atoms with E-state index in [2.05, 4.69) is 22.4 Å². The van der Waals surface area contributed by atoms with Crippen molar-refractivity contribution >= 4 is 23.5 Å². The Hall–Kier alpha value is -2.21. The quantitative estimate of drug-likeness (QED) is 0.631. The molecular weight excluding hydrogens is 298 g/mol. The number of rotatable bonds is 7. The SMILES string of the molecule is CCCOc1ccc(/C=N\NC(=O)Cc2nc(C)cs2)cc1. The Balaban J connectivity index is 1.80. The zero-order chi connectivity index (χ0) is 15.8. The maximum atomic E-state index is 11.7. The van der Waals surface area contributed by atoms with E-state index in [-0.39, 0.29) is 12.3 Å². The Bertz CT molecular complexity index is 635. The molecule has 0 saturated heterocycles. The third-order valence-corrected chi connectivity index (χ3v) is 3.70. The van der Waals surface area contributed by atoms with Crippen molar-refractivity contribution in [2.45, 2.75) is 26.7 Å². The number of carbonyl (C=O) groups is 1. The minimum atomic E-state index is -0.173. The van der Waals surface area contributed by atoms with Gasteiger partial charge in [-0.25, -0.2) is 10.4 Å². The standard InChI is InChI=1S/C16H19N3O2S/c1-3-8-21-14-6-4-13(5-7-14)10-17-19-15(20)9-16-18-12(2)11-22-16/h4-7,10-11H,3,8-9H2,1-2H3,(H,19,20)/b17-10-. The molecule has 116 valence electrons.